The highest BCUT2D eigenvalue weighted by atomic mass is 32.1. The minimum absolute atomic E-state index is 0.0337. The molecule has 8 nitrogen and oxygen atoms in total. The number of halogens is 3. The number of aliphatic hydroxyl groups is 1. The van der Waals surface area contributed by atoms with Crippen molar-refractivity contribution in [3.8, 4) is 22.0 Å². The maximum atomic E-state index is 13.3. The number of amides is 1. The Morgan fingerprint density at radius 2 is 1.92 bits per heavy atom. The van der Waals surface area contributed by atoms with Crippen LogP contribution in [0.4, 0.5) is 24.8 Å². The number of nitrogens with one attached hydrogen (secondary N) is 1. The van der Waals surface area contributed by atoms with Gasteiger partial charge in [0.15, 0.2) is 11.3 Å². The molecule has 1 aromatic carbocycles. The second-order valence-electron chi connectivity index (χ2n) is 8.24. The number of alkyl halides is 3. The number of thiazole rings is 1. The molecular formula is C24H19F3N6O2S. The quantitative estimate of drug-likeness (QED) is 0.407. The molecule has 1 aliphatic heterocycles. The summed E-state index contributed by atoms with van der Waals surface area (Å²) in [6, 6.07) is 11.3. The lowest BCUT2D eigenvalue weighted by atomic mass is 9.91. The summed E-state index contributed by atoms with van der Waals surface area (Å²) in [6.45, 7) is 0.467. The van der Waals surface area contributed by atoms with Gasteiger partial charge in [-0.15, -0.1) is 11.3 Å². The molecule has 1 aliphatic rings. The van der Waals surface area contributed by atoms with Gasteiger partial charge in [0.2, 0.25) is 5.95 Å². The van der Waals surface area contributed by atoms with E-state index in [2.05, 4.69) is 25.3 Å². The Labute approximate surface area is 207 Å². The summed E-state index contributed by atoms with van der Waals surface area (Å²) in [5.74, 6) is -0.378. The van der Waals surface area contributed by atoms with Gasteiger partial charge in [-0.25, -0.2) is 19.9 Å². The van der Waals surface area contributed by atoms with Crippen molar-refractivity contribution in [2.75, 3.05) is 18.9 Å². The van der Waals surface area contributed by atoms with Gasteiger partial charge in [-0.3, -0.25) is 4.79 Å². The number of carbonyl (C=O) groups is 1. The molecule has 1 amide bonds. The zero-order valence-corrected chi connectivity index (χ0v) is 19.6. The number of hydrogen-bond donors (Lipinski definition) is 2. The summed E-state index contributed by atoms with van der Waals surface area (Å²) >= 11 is 1.34. The monoisotopic (exact) mass is 512 g/mol. The first-order chi connectivity index (χ1) is 17.1. The molecule has 1 atom stereocenters. The lowest BCUT2D eigenvalue weighted by Crippen LogP contribution is -2.36. The number of hydrogen-bond acceptors (Lipinski definition) is 8. The van der Waals surface area contributed by atoms with Crippen LogP contribution in [0.25, 0.3) is 22.0 Å². The van der Waals surface area contributed by atoms with E-state index in [9.17, 15) is 23.1 Å². The van der Waals surface area contributed by atoms with E-state index in [1.807, 2.05) is 6.07 Å². The first kappa shape index (κ1) is 23.8. The summed E-state index contributed by atoms with van der Waals surface area (Å²) in [5, 5.41) is 16.0. The Morgan fingerprint density at radius 3 is 2.67 bits per heavy atom. The van der Waals surface area contributed by atoms with Crippen LogP contribution in [0, 0.1) is 0 Å². The van der Waals surface area contributed by atoms with E-state index < -0.39 is 17.5 Å². The van der Waals surface area contributed by atoms with Crippen molar-refractivity contribution >= 4 is 28.9 Å². The molecule has 0 aliphatic carbocycles. The average molecular weight is 513 g/mol. The van der Waals surface area contributed by atoms with Crippen LogP contribution in [0.2, 0.25) is 0 Å². The van der Waals surface area contributed by atoms with Gasteiger partial charge in [0, 0.05) is 43.4 Å². The second-order valence-corrected chi connectivity index (χ2v) is 9.10. The number of aromatic nitrogens is 4. The van der Waals surface area contributed by atoms with Crippen molar-refractivity contribution in [1.29, 1.82) is 0 Å². The molecular weight excluding hydrogens is 493 g/mol. The predicted octanol–water partition coefficient (Wildman–Crippen LogP) is 4.47. The molecule has 2 N–H and O–H groups in total. The maximum Gasteiger partial charge on any atom is 0.435 e. The predicted molar refractivity (Wildman–Crippen MR) is 127 cm³/mol. The standard InChI is InChI=1S/C24H19F3N6O2S/c1-33-11-8-23(35,21(33)34)15-5-2-4-14(12-15)20-30-18(13-36-20)16-7-10-29-22(31-16)32-17-6-3-9-28-19(17)24(25,26)27/h2-7,9-10,12-13,35H,8,11H2,1H3,(H,29,31,32). The number of anilines is 2. The number of carbonyl (C=O) groups excluding carboxylic acids is 1. The molecule has 0 radical (unpaired) electrons. The zero-order valence-electron chi connectivity index (χ0n) is 18.8. The molecule has 184 valence electrons. The molecule has 4 aromatic rings. The van der Waals surface area contributed by atoms with E-state index in [0.717, 1.165) is 11.8 Å². The molecule has 0 bridgehead atoms. The summed E-state index contributed by atoms with van der Waals surface area (Å²) in [5.41, 5.74) is -0.766. The van der Waals surface area contributed by atoms with E-state index in [-0.39, 0.29) is 17.5 Å². The second kappa shape index (κ2) is 8.95. The van der Waals surface area contributed by atoms with Gasteiger partial charge in [0.05, 0.1) is 11.4 Å². The van der Waals surface area contributed by atoms with Gasteiger partial charge in [-0.1, -0.05) is 18.2 Å². The van der Waals surface area contributed by atoms with Gasteiger partial charge in [0.25, 0.3) is 5.91 Å². The molecule has 1 fully saturated rings. The van der Waals surface area contributed by atoms with Crippen LogP contribution in [-0.4, -0.2) is 49.4 Å². The SMILES string of the molecule is CN1CCC(O)(c2cccc(-c3nc(-c4ccnc(Nc5cccnc5C(F)(F)F)n4)cs3)c2)C1=O. The number of benzene rings is 1. The number of likely N-dealkylation sites (tertiary alicyclic amines) is 1. The van der Waals surface area contributed by atoms with Gasteiger partial charge in [-0.2, -0.15) is 13.2 Å². The Bertz CT molecular complexity index is 1440. The van der Waals surface area contributed by atoms with Crippen LogP contribution in [0.5, 0.6) is 0 Å². The van der Waals surface area contributed by atoms with E-state index in [1.165, 1.54) is 34.6 Å². The molecule has 12 heteroatoms. The van der Waals surface area contributed by atoms with E-state index >= 15 is 0 Å². The molecule has 36 heavy (non-hydrogen) atoms. The van der Waals surface area contributed by atoms with Crippen LogP contribution >= 0.6 is 11.3 Å². The van der Waals surface area contributed by atoms with Crippen LogP contribution in [0.3, 0.4) is 0 Å². The molecule has 0 saturated carbocycles. The topological polar surface area (TPSA) is 104 Å². The maximum absolute atomic E-state index is 13.3. The van der Waals surface area contributed by atoms with Gasteiger partial charge in [0.1, 0.15) is 10.7 Å². The number of rotatable bonds is 5. The summed E-state index contributed by atoms with van der Waals surface area (Å²) in [6.07, 6.45) is -1.84. The zero-order chi connectivity index (χ0) is 25.5. The highest BCUT2D eigenvalue weighted by Gasteiger charge is 2.45. The average Bonchev–Trinajstić information content (AvgIpc) is 3.46. The molecule has 5 rings (SSSR count). The Morgan fingerprint density at radius 1 is 1.08 bits per heavy atom. The third-order valence-electron chi connectivity index (χ3n) is 5.84. The number of pyridine rings is 1. The number of likely N-dealkylation sites (N-methyl/N-ethyl adjacent to an activating group) is 1. The van der Waals surface area contributed by atoms with Crippen molar-refractivity contribution in [3.63, 3.8) is 0 Å². The van der Waals surface area contributed by atoms with Gasteiger partial charge in [-0.05, 0) is 29.8 Å². The molecule has 3 aromatic heterocycles. The van der Waals surface area contributed by atoms with E-state index in [4.69, 9.17) is 0 Å². The van der Waals surface area contributed by atoms with Gasteiger partial charge < -0.3 is 15.3 Å². The highest BCUT2D eigenvalue weighted by Crippen LogP contribution is 2.36. The first-order valence-corrected chi connectivity index (χ1v) is 11.7. The normalized spacial score (nSPS) is 18.0. The van der Waals surface area contributed by atoms with Crippen molar-refractivity contribution in [1.82, 2.24) is 24.8 Å². The summed E-state index contributed by atoms with van der Waals surface area (Å²) < 4.78 is 39.8. The van der Waals surface area contributed by atoms with Crippen molar-refractivity contribution < 1.29 is 23.1 Å². The Kier molecular flexibility index (Phi) is 5.92. The lowest BCUT2D eigenvalue weighted by molar-refractivity contribution is -0.143. The van der Waals surface area contributed by atoms with Crippen LogP contribution in [-0.2, 0) is 16.6 Å². The fourth-order valence-corrected chi connectivity index (χ4v) is 4.78. The van der Waals surface area contributed by atoms with Crippen LogP contribution < -0.4 is 5.32 Å². The smallest absolute Gasteiger partial charge is 0.375 e. The minimum atomic E-state index is -4.63. The third-order valence-corrected chi connectivity index (χ3v) is 6.73. The Balaban J connectivity index is 1.41. The van der Waals surface area contributed by atoms with Crippen molar-refractivity contribution in [2.24, 2.45) is 0 Å². The Hall–Kier alpha value is -3.90. The highest BCUT2D eigenvalue weighted by molar-refractivity contribution is 7.13. The van der Waals surface area contributed by atoms with Gasteiger partial charge >= 0.3 is 6.18 Å². The van der Waals surface area contributed by atoms with Crippen LogP contribution in [0.15, 0.2) is 60.2 Å². The van der Waals surface area contributed by atoms with Crippen LogP contribution in [0.1, 0.15) is 17.7 Å². The third kappa shape index (κ3) is 4.40. The summed E-state index contributed by atoms with van der Waals surface area (Å²) in [7, 11) is 1.65. The number of nitrogens with zero attached hydrogens (tertiary/aromatic N) is 5. The largest absolute Gasteiger partial charge is 0.435 e. The molecule has 4 heterocycles. The molecule has 0 spiro atoms. The van der Waals surface area contributed by atoms with Crippen molar-refractivity contribution in [3.05, 3.63) is 71.5 Å². The lowest BCUT2D eigenvalue weighted by Gasteiger charge is -2.21. The first-order valence-electron chi connectivity index (χ1n) is 10.8. The molecule has 1 unspecified atom stereocenters. The summed E-state index contributed by atoms with van der Waals surface area (Å²) in [4.78, 5) is 30.3. The van der Waals surface area contributed by atoms with E-state index in [0.29, 0.717) is 34.9 Å². The fourth-order valence-electron chi connectivity index (χ4n) is 3.97. The fraction of sp³-hybridized carbons (Fsp3) is 0.208. The minimum Gasteiger partial charge on any atom is -0.375 e. The van der Waals surface area contributed by atoms with E-state index in [1.54, 1.807) is 36.7 Å². The molecule has 1 saturated heterocycles. The van der Waals surface area contributed by atoms with Crippen molar-refractivity contribution in [2.45, 2.75) is 18.2 Å².